The molecule has 0 bridgehead atoms. The maximum atomic E-state index is 11.6. The van der Waals surface area contributed by atoms with Crippen molar-refractivity contribution in [2.45, 2.75) is 94.9 Å². The summed E-state index contributed by atoms with van der Waals surface area (Å²) in [5.41, 5.74) is -3.12. The van der Waals surface area contributed by atoms with Gasteiger partial charge in [-0.1, -0.05) is 48.0 Å². The average Bonchev–Trinajstić information content (AvgIpc) is 2.37. The third-order valence-electron chi connectivity index (χ3n) is 1.42. The number of carbonyl (C=O) groups excluding carboxylic acids is 1. The summed E-state index contributed by atoms with van der Waals surface area (Å²) in [7, 11) is 0.500. The zero-order chi connectivity index (χ0) is 25.0. The van der Waals surface area contributed by atoms with E-state index in [0.717, 1.165) is 0 Å². The van der Waals surface area contributed by atoms with E-state index < -0.39 is 17.8 Å². The molecule has 0 aromatic heterocycles. The highest BCUT2D eigenvalue weighted by molar-refractivity contribution is 5.72. The first-order valence-electron chi connectivity index (χ1n) is 8.60. The molecule has 0 rings (SSSR count). The molecule has 0 saturated carbocycles. The fourth-order valence-corrected chi connectivity index (χ4v) is 0.161. The van der Waals surface area contributed by atoms with Crippen LogP contribution in [0.3, 0.4) is 0 Å². The lowest BCUT2D eigenvalue weighted by molar-refractivity contribution is -0.327. The van der Waals surface area contributed by atoms with E-state index in [4.69, 9.17) is 0 Å². The molecule has 0 aliphatic heterocycles. The van der Waals surface area contributed by atoms with Gasteiger partial charge in [-0.2, -0.15) is 26.3 Å². The zero-order valence-corrected chi connectivity index (χ0v) is 19.3. The van der Waals surface area contributed by atoms with Crippen LogP contribution >= 0.6 is 0 Å². The normalized spacial score (nSPS) is 10.6. The standard InChI is InChI=1S/C5H6F6.C5H12.C3H6O.C3H8.C2H5F.CH3F/c1-3(2,4(6,7)8)5(9,10)11;1-5(2,3)4;1-3(2)4;1-3-2;1-2-3;1-2/h1-2H3;1-4H3;1-2H3;3H2,1-2H3;2H2,1H3;1H3. The summed E-state index contributed by atoms with van der Waals surface area (Å²) in [4.78, 5) is 9.44. The van der Waals surface area contributed by atoms with Gasteiger partial charge in [0.05, 0.1) is 13.9 Å². The molecule has 0 unspecified atom stereocenters. The van der Waals surface area contributed by atoms with E-state index in [0.29, 0.717) is 12.6 Å². The van der Waals surface area contributed by atoms with Gasteiger partial charge in [0.25, 0.3) is 0 Å². The topological polar surface area (TPSA) is 17.1 Å². The number of alkyl halides is 8. The Morgan fingerprint density at radius 2 is 0.750 bits per heavy atom. The van der Waals surface area contributed by atoms with Gasteiger partial charge in [-0.3, -0.25) is 8.78 Å². The second-order valence-corrected chi connectivity index (χ2v) is 7.50. The van der Waals surface area contributed by atoms with Gasteiger partial charge >= 0.3 is 12.4 Å². The molecule has 0 radical (unpaired) electrons. The van der Waals surface area contributed by atoms with Crippen LogP contribution in [0.25, 0.3) is 0 Å². The van der Waals surface area contributed by atoms with E-state index in [1.807, 2.05) is 0 Å². The summed E-state index contributed by atoms with van der Waals surface area (Å²) >= 11 is 0. The first-order valence-corrected chi connectivity index (χ1v) is 8.60. The first-order chi connectivity index (χ1) is 12.1. The van der Waals surface area contributed by atoms with Crippen molar-refractivity contribution in [2.75, 3.05) is 13.9 Å². The molecule has 0 aliphatic rings. The van der Waals surface area contributed by atoms with Gasteiger partial charge in [-0.15, -0.1) is 0 Å². The Balaban J connectivity index is -0.0000000597. The summed E-state index contributed by atoms with van der Waals surface area (Å²) in [5, 5.41) is 0. The lowest BCUT2D eigenvalue weighted by Gasteiger charge is -2.29. The Morgan fingerprint density at radius 1 is 0.679 bits per heavy atom. The Labute approximate surface area is 166 Å². The summed E-state index contributed by atoms with van der Waals surface area (Å²) < 4.78 is 89.4. The maximum absolute atomic E-state index is 11.6. The highest BCUT2D eigenvalue weighted by Crippen LogP contribution is 2.49. The monoisotopic (exact) mass is 436 g/mol. The number of hydrogen-bond acceptors (Lipinski definition) is 1. The van der Waals surface area contributed by atoms with Gasteiger partial charge < -0.3 is 4.79 Å². The molecule has 178 valence electrons. The lowest BCUT2D eigenvalue weighted by atomic mass is 9.92. The quantitative estimate of drug-likeness (QED) is 0.347. The smallest absolute Gasteiger partial charge is 0.300 e. The fourth-order valence-electron chi connectivity index (χ4n) is 0.161. The number of Topliss-reactive ketones (excluding diaryl/α,β-unsaturated/α-hetero) is 1. The van der Waals surface area contributed by atoms with Crippen molar-refractivity contribution in [3.63, 3.8) is 0 Å². The van der Waals surface area contributed by atoms with E-state index >= 15 is 0 Å². The van der Waals surface area contributed by atoms with Crippen LogP contribution in [0.1, 0.15) is 82.6 Å². The highest BCUT2D eigenvalue weighted by atomic mass is 19.4. The van der Waals surface area contributed by atoms with E-state index in [1.54, 1.807) is 0 Å². The summed E-state index contributed by atoms with van der Waals surface area (Å²) in [6, 6.07) is 0. The van der Waals surface area contributed by atoms with Gasteiger partial charge in [0, 0.05) is 0 Å². The van der Waals surface area contributed by atoms with Crippen LogP contribution in [0, 0.1) is 10.8 Å². The molecule has 1 nitrogen and oxygen atoms in total. The van der Waals surface area contributed by atoms with Crippen molar-refractivity contribution in [3.8, 4) is 0 Å². The molecular formula is C19H40F8O. The largest absolute Gasteiger partial charge is 0.402 e. The second kappa shape index (κ2) is 20.8. The molecule has 0 N–H and O–H groups in total. The average molecular weight is 437 g/mol. The second-order valence-electron chi connectivity index (χ2n) is 7.50. The van der Waals surface area contributed by atoms with Crippen molar-refractivity contribution < 1.29 is 39.9 Å². The van der Waals surface area contributed by atoms with E-state index in [-0.39, 0.29) is 26.3 Å². The van der Waals surface area contributed by atoms with Crippen LogP contribution in [0.5, 0.6) is 0 Å². The lowest BCUT2D eigenvalue weighted by Crippen LogP contribution is -2.44. The molecule has 0 spiro atoms. The van der Waals surface area contributed by atoms with Gasteiger partial charge in [0.15, 0.2) is 5.41 Å². The summed E-state index contributed by atoms with van der Waals surface area (Å²) in [6.07, 6.45) is -9.24. The molecule has 0 amide bonds. The molecule has 0 heterocycles. The van der Waals surface area contributed by atoms with Crippen LogP contribution in [-0.4, -0.2) is 32.0 Å². The van der Waals surface area contributed by atoms with Crippen LogP contribution in [-0.2, 0) is 4.79 Å². The van der Waals surface area contributed by atoms with Crippen molar-refractivity contribution in [1.29, 1.82) is 0 Å². The minimum Gasteiger partial charge on any atom is -0.300 e. The number of halogens is 8. The first kappa shape index (κ1) is 41.5. The van der Waals surface area contributed by atoms with Crippen molar-refractivity contribution in [2.24, 2.45) is 10.8 Å². The third kappa shape index (κ3) is 49.9. The molecule has 9 heteroatoms. The van der Waals surface area contributed by atoms with E-state index in [2.05, 4.69) is 41.5 Å². The van der Waals surface area contributed by atoms with Gasteiger partial charge in [0.1, 0.15) is 5.78 Å². The van der Waals surface area contributed by atoms with E-state index in [1.165, 1.54) is 27.2 Å². The molecule has 0 saturated heterocycles. The zero-order valence-electron chi connectivity index (χ0n) is 19.3. The Morgan fingerprint density at radius 3 is 0.750 bits per heavy atom. The predicted octanol–water partition coefficient (Wildman–Crippen LogP) is 8.76. The van der Waals surface area contributed by atoms with Crippen LogP contribution in [0.15, 0.2) is 0 Å². The number of ketones is 1. The predicted molar refractivity (Wildman–Crippen MR) is 102 cm³/mol. The number of rotatable bonds is 0. The van der Waals surface area contributed by atoms with E-state index in [9.17, 15) is 39.9 Å². The Hall–Kier alpha value is -0.890. The molecule has 0 aliphatic carbocycles. The Bertz CT molecular complexity index is 285. The molecule has 0 aromatic carbocycles. The Kier molecular flexibility index (Phi) is 30.9. The maximum Gasteiger partial charge on any atom is 0.402 e. The molecule has 0 atom stereocenters. The minimum atomic E-state index is -5.24. The minimum absolute atomic E-state index is 0.104. The summed E-state index contributed by atoms with van der Waals surface area (Å²) in [6.45, 7) is 17.5. The number of carbonyl (C=O) groups is 1. The van der Waals surface area contributed by atoms with Crippen LogP contribution < -0.4 is 0 Å². The fraction of sp³-hybridized carbons (Fsp3) is 0.947. The molecular weight excluding hydrogens is 396 g/mol. The third-order valence-corrected chi connectivity index (χ3v) is 1.42. The molecule has 0 fully saturated rings. The van der Waals surface area contributed by atoms with Crippen LogP contribution in [0.4, 0.5) is 35.1 Å². The van der Waals surface area contributed by atoms with Crippen LogP contribution in [0.2, 0.25) is 0 Å². The van der Waals surface area contributed by atoms with Gasteiger partial charge in [0.2, 0.25) is 0 Å². The molecule has 0 aromatic rings. The van der Waals surface area contributed by atoms with Gasteiger partial charge in [-0.25, -0.2) is 0 Å². The highest BCUT2D eigenvalue weighted by Gasteiger charge is 2.64. The molecule has 28 heavy (non-hydrogen) atoms. The SMILES string of the molecule is CC(C)(C(F)(F)F)C(F)(F)F.CC(C)(C)C.CC(C)=O.CCC.CCF.CF. The van der Waals surface area contributed by atoms with Crippen molar-refractivity contribution in [1.82, 2.24) is 0 Å². The van der Waals surface area contributed by atoms with Gasteiger partial charge in [-0.05, 0) is 40.0 Å². The van der Waals surface area contributed by atoms with Crippen molar-refractivity contribution >= 4 is 5.78 Å². The number of hydrogen-bond donors (Lipinski definition) is 0. The summed E-state index contributed by atoms with van der Waals surface area (Å²) in [5.74, 6) is 0.167. The van der Waals surface area contributed by atoms with Crippen molar-refractivity contribution in [3.05, 3.63) is 0 Å².